The number of ether oxygens (including phenoxy) is 1. The molecule has 2 atom stereocenters. The van der Waals surface area contributed by atoms with Crippen LogP contribution in [-0.4, -0.2) is 37.7 Å². The van der Waals surface area contributed by atoms with Gasteiger partial charge in [-0.2, -0.15) is 0 Å². The summed E-state index contributed by atoms with van der Waals surface area (Å²) in [5.74, 6) is 0.801. The Hall–Kier alpha value is -0.900. The van der Waals surface area contributed by atoms with E-state index in [1.807, 2.05) is 0 Å². The highest BCUT2D eigenvalue weighted by atomic mass is 16.5. The summed E-state index contributed by atoms with van der Waals surface area (Å²) in [6.45, 7) is 2.57. The average molecular weight is 288 g/mol. The molecule has 0 spiro atoms. The zero-order chi connectivity index (χ0) is 14.7. The van der Waals surface area contributed by atoms with Crippen LogP contribution in [0.2, 0.25) is 0 Å². The van der Waals surface area contributed by atoms with Crippen LogP contribution in [0, 0.1) is 0 Å². The van der Waals surface area contributed by atoms with Gasteiger partial charge in [-0.1, -0.05) is 24.3 Å². The molecule has 1 aromatic rings. The summed E-state index contributed by atoms with van der Waals surface area (Å²) in [7, 11) is 2.18. The van der Waals surface area contributed by atoms with Crippen molar-refractivity contribution in [3.63, 3.8) is 0 Å². The Morgan fingerprint density at radius 2 is 2.14 bits per heavy atom. The van der Waals surface area contributed by atoms with Crippen LogP contribution >= 0.6 is 0 Å². The zero-order valence-electron chi connectivity index (χ0n) is 13.1. The van der Waals surface area contributed by atoms with Gasteiger partial charge in [0.2, 0.25) is 0 Å². The van der Waals surface area contributed by atoms with E-state index in [1.54, 1.807) is 0 Å². The van der Waals surface area contributed by atoms with Crippen molar-refractivity contribution < 1.29 is 4.74 Å². The number of hydrogen-bond donors (Lipinski definition) is 1. The second-order valence-electron chi connectivity index (χ2n) is 6.62. The molecule has 0 bridgehead atoms. The lowest BCUT2D eigenvalue weighted by Gasteiger charge is -2.32. The van der Waals surface area contributed by atoms with Crippen molar-refractivity contribution >= 4 is 0 Å². The van der Waals surface area contributed by atoms with Gasteiger partial charge in [0, 0.05) is 25.7 Å². The first-order valence-electron chi connectivity index (χ1n) is 8.39. The van der Waals surface area contributed by atoms with Crippen LogP contribution in [0.5, 0.6) is 0 Å². The normalized spacial score (nSPS) is 24.2. The largest absolute Gasteiger partial charge is 0.377 e. The molecule has 1 aromatic carbocycles. The van der Waals surface area contributed by atoms with E-state index in [1.165, 1.54) is 43.2 Å². The van der Waals surface area contributed by atoms with Crippen molar-refractivity contribution in [2.45, 2.75) is 50.2 Å². The quantitative estimate of drug-likeness (QED) is 0.874. The zero-order valence-corrected chi connectivity index (χ0v) is 13.1. The maximum atomic E-state index is 6.07. The van der Waals surface area contributed by atoms with Crippen molar-refractivity contribution in [2.75, 3.05) is 26.7 Å². The van der Waals surface area contributed by atoms with Gasteiger partial charge in [0.1, 0.15) is 0 Å². The molecule has 3 heteroatoms. The Morgan fingerprint density at radius 3 is 2.81 bits per heavy atom. The van der Waals surface area contributed by atoms with Crippen molar-refractivity contribution in [1.29, 1.82) is 0 Å². The maximum Gasteiger partial charge on any atom is 0.0702 e. The highest BCUT2D eigenvalue weighted by Crippen LogP contribution is 2.40. The summed E-state index contributed by atoms with van der Waals surface area (Å²) in [5, 5.41) is 0. The molecular formula is C18H28N2O. The van der Waals surface area contributed by atoms with E-state index in [2.05, 4.69) is 36.2 Å². The van der Waals surface area contributed by atoms with Gasteiger partial charge >= 0.3 is 0 Å². The van der Waals surface area contributed by atoms with Gasteiger partial charge in [-0.15, -0.1) is 0 Å². The van der Waals surface area contributed by atoms with E-state index in [4.69, 9.17) is 10.5 Å². The van der Waals surface area contributed by atoms with E-state index in [0.29, 0.717) is 18.7 Å². The highest BCUT2D eigenvalue weighted by Gasteiger charge is 2.25. The molecule has 3 nitrogen and oxygen atoms in total. The molecule has 1 heterocycles. The van der Waals surface area contributed by atoms with Crippen LogP contribution < -0.4 is 5.73 Å². The third kappa shape index (κ3) is 3.85. The number of hydrogen-bond acceptors (Lipinski definition) is 3. The van der Waals surface area contributed by atoms with Gasteiger partial charge in [0.05, 0.1) is 6.10 Å². The van der Waals surface area contributed by atoms with E-state index in [0.717, 1.165) is 19.1 Å². The first kappa shape index (κ1) is 15.0. The van der Waals surface area contributed by atoms with Gasteiger partial charge in [-0.25, -0.2) is 0 Å². The van der Waals surface area contributed by atoms with E-state index in [9.17, 15) is 0 Å². The number of benzene rings is 1. The predicted octanol–water partition coefficient (Wildman–Crippen LogP) is 3.06. The Labute approximate surface area is 128 Å². The Kier molecular flexibility index (Phi) is 4.94. The topological polar surface area (TPSA) is 38.5 Å². The molecular weight excluding hydrogens is 260 g/mol. The molecule has 116 valence electrons. The molecule has 2 fully saturated rings. The molecule has 1 aliphatic heterocycles. The van der Waals surface area contributed by atoms with Gasteiger partial charge < -0.3 is 10.5 Å². The van der Waals surface area contributed by atoms with Crippen LogP contribution in [0.15, 0.2) is 24.3 Å². The smallest absolute Gasteiger partial charge is 0.0702 e. The summed E-state index contributed by atoms with van der Waals surface area (Å²) >= 11 is 0. The predicted molar refractivity (Wildman–Crippen MR) is 86.4 cm³/mol. The minimum absolute atomic E-state index is 0.300. The summed E-state index contributed by atoms with van der Waals surface area (Å²) in [5.41, 5.74) is 8.93. The van der Waals surface area contributed by atoms with Crippen molar-refractivity contribution in [3.05, 3.63) is 35.4 Å². The van der Waals surface area contributed by atoms with E-state index < -0.39 is 0 Å². The fourth-order valence-corrected chi connectivity index (χ4v) is 3.41. The first-order valence-corrected chi connectivity index (χ1v) is 8.39. The fraction of sp³-hybridized carbons (Fsp3) is 0.667. The summed E-state index contributed by atoms with van der Waals surface area (Å²) in [6.07, 6.45) is 6.77. The third-order valence-corrected chi connectivity index (χ3v) is 4.87. The molecule has 1 saturated carbocycles. The van der Waals surface area contributed by atoms with Crippen LogP contribution in [0.25, 0.3) is 0 Å². The number of likely N-dealkylation sites (N-methyl/N-ethyl adjacent to an activating group) is 1. The molecule has 2 unspecified atom stereocenters. The molecule has 1 aliphatic carbocycles. The molecule has 1 saturated heterocycles. The van der Waals surface area contributed by atoms with Crippen LogP contribution in [0.4, 0.5) is 0 Å². The van der Waals surface area contributed by atoms with Gasteiger partial charge in [0.25, 0.3) is 0 Å². The van der Waals surface area contributed by atoms with Crippen LogP contribution in [-0.2, 0) is 4.74 Å². The highest BCUT2D eigenvalue weighted by molar-refractivity contribution is 5.31. The molecule has 2 N–H and O–H groups in total. The van der Waals surface area contributed by atoms with Crippen molar-refractivity contribution in [2.24, 2.45) is 5.73 Å². The molecule has 0 radical (unpaired) electrons. The Balaban J connectivity index is 1.66. The van der Waals surface area contributed by atoms with E-state index in [-0.39, 0.29) is 0 Å². The molecule has 0 aromatic heterocycles. The fourth-order valence-electron chi connectivity index (χ4n) is 3.41. The number of nitrogens with zero attached hydrogens (tertiary/aromatic N) is 1. The second-order valence-corrected chi connectivity index (χ2v) is 6.62. The van der Waals surface area contributed by atoms with Crippen molar-refractivity contribution in [3.8, 4) is 0 Å². The summed E-state index contributed by atoms with van der Waals surface area (Å²) < 4.78 is 5.87. The Morgan fingerprint density at radius 1 is 1.29 bits per heavy atom. The average Bonchev–Trinajstić information content (AvgIpc) is 3.34. The lowest BCUT2D eigenvalue weighted by atomic mass is 10.00. The molecule has 0 amide bonds. The summed E-state index contributed by atoms with van der Waals surface area (Å²) in [4.78, 5) is 2.38. The first-order chi connectivity index (χ1) is 10.3. The third-order valence-electron chi connectivity index (χ3n) is 4.87. The lowest BCUT2D eigenvalue weighted by molar-refractivity contribution is -0.00777. The monoisotopic (exact) mass is 288 g/mol. The molecule has 21 heavy (non-hydrogen) atoms. The van der Waals surface area contributed by atoms with E-state index >= 15 is 0 Å². The van der Waals surface area contributed by atoms with Gasteiger partial charge in [-0.3, -0.25) is 4.90 Å². The SMILES string of the molecule is CN(CC1CCCCO1)C(CN)c1cccc(C2CC2)c1. The molecule has 2 aliphatic rings. The van der Waals surface area contributed by atoms with Crippen molar-refractivity contribution in [1.82, 2.24) is 4.90 Å². The second kappa shape index (κ2) is 6.91. The number of nitrogens with two attached hydrogens (primary N) is 1. The minimum Gasteiger partial charge on any atom is -0.377 e. The summed E-state index contributed by atoms with van der Waals surface area (Å²) in [6, 6.07) is 9.35. The van der Waals surface area contributed by atoms with Crippen LogP contribution in [0.1, 0.15) is 55.2 Å². The molecule has 3 rings (SSSR count). The Bertz CT molecular complexity index is 452. The van der Waals surface area contributed by atoms with Gasteiger partial charge in [-0.05, 0) is 56.2 Å². The standard InChI is InChI=1S/C18H28N2O/c1-20(13-17-7-2-3-10-21-17)18(12-19)16-6-4-5-15(11-16)14-8-9-14/h4-6,11,14,17-18H,2-3,7-10,12-13,19H2,1H3. The number of rotatable bonds is 6. The van der Waals surface area contributed by atoms with Gasteiger partial charge in [0.15, 0.2) is 0 Å². The lowest BCUT2D eigenvalue weighted by Crippen LogP contribution is -2.38. The minimum atomic E-state index is 0.300. The maximum absolute atomic E-state index is 6.07. The van der Waals surface area contributed by atoms with Crippen LogP contribution in [0.3, 0.4) is 0 Å².